The van der Waals surface area contributed by atoms with E-state index < -0.39 is 0 Å². The van der Waals surface area contributed by atoms with E-state index in [0.717, 1.165) is 31.9 Å². The first kappa shape index (κ1) is 10.4. The van der Waals surface area contributed by atoms with Crippen LogP contribution < -0.4 is 5.73 Å². The maximum atomic E-state index is 5.64. The average molecular weight is 207 g/mol. The summed E-state index contributed by atoms with van der Waals surface area (Å²) >= 11 is 0. The fraction of sp³-hybridized carbons (Fsp3) is 0.545. The Balaban J connectivity index is 1.96. The van der Waals surface area contributed by atoms with Crippen LogP contribution >= 0.6 is 0 Å². The van der Waals surface area contributed by atoms with Crippen LogP contribution in [0.2, 0.25) is 0 Å². The van der Waals surface area contributed by atoms with Gasteiger partial charge in [-0.3, -0.25) is 4.90 Å². The van der Waals surface area contributed by atoms with Crippen molar-refractivity contribution in [3.8, 4) is 0 Å². The number of anilines is 1. The van der Waals surface area contributed by atoms with Gasteiger partial charge in [-0.05, 0) is 19.1 Å². The van der Waals surface area contributed by atoms with Gasteiger partial charge in [0, 0.05) is 19.6 Å². The van der Waals surface area contributed by atoms with Crippen LogP contribution in [0, 0.1) is 0 Å². The van der Waals surface area contributed by atoms with Gasteiger partial charge in [-0.15, -0.1) is 0 Å². The maximum absolute atomic E-state index is 5.64. The Morgan fingerprint density at radius 2 is 2.47 bits per heavy atom. The van der Waals surface area contributed by atoms with Crippen molar-refractivity contribution in [2.24, 2.45) is 0 Å². The monoisotopic (exact) mass is 207 g/mol. The molecule has 4 nitrogen and oxygen atoms in total. The number of hydrogen-bond acceptors (Lipinski definition) is 4. The summed E-state index contributed by atoms with van der Waals surface area (Å²) in [4.78, 5) is 6.63. The van der Waals surface area contributed by atoms with Gasteiger partial charge in [0.1, 0.15) is 5.82 Å². The molecule has 0 aromatic carbocycles. The highest BCUT2D eigenvalue weighted by molar-refractivity contribution is 5.28. The van der Waals surface area contributed by atoms with Gasteiger partial charge in [0.2, 0.25) is 0 Å². The van der Waals surface area contributed by atoms with Gasteiger partial charge in [-0.1, -0.05) is 6.07 Å². The zero-order chi connectivity index (χ0) is 10.7. The molecular weight excluding hydrogens is 190 g/mol. The molecule has 1 aliphatic heterocycles. The van der Waals surface area contributed by atoms with Crippen molar-refractivity contribution in [2.75, 3.05) is 25.4 Å². The standard InChI is InChI=1S/C11H17N3O/c1-9-7-14(5-6-15-9)8-10-3-2-4-11(12)13-10/h2-4,9H,5-8H2,1H3,(H2,12,13). The van der Waals surface area contributed by atoms with Crippen LogP contribution in [0.3, 0.4) is 0 Å². The number of pyridine rings is 1. The van der Waals surface area contributed by atoms with E-state index in [0.29, 0.717) is 11.9 Å². The number of nitrogens with two attached hydrogens (primary N) is 1. The molecule has 0 spiro atoms. The van der Waals surface area contributed by atoms with Crippen molar-refractivity contribution in [1.29, 1.82) is 0 Å². The van der Waals surface area contributed by atoms with E-state index in [4.69, 9.17) is 10.5 Å². The zero-order valence-electron chi connectivity index (χ0n) is 9.02. The van der Waals surface area contributed by atoms with Gasteiger partial charge < -0.3 is 10.5 Å². The van der Waals surface area contributed by atoms with Crippen LogP contribution in [-0.2, 0) is 11.3 Å². The first-order chi connectivity index (χ1) is 7.24. The maximum Gasteiger partial charge on any atom is 0.123 e. The van der Waals surface area contributed by atoms with Crippen LogP contribution in [0.15, 0.2) is 18.2 Å². The second-order valence-electron chi connectivity index (χ2n) is 3.97. The molecule has 2 N–H and O–H groups in total. The number of morpholine rings is 1. The van der Waals surface area contributed by atoms with Gasteiger partial charge >= 0.3 is 0 Å². The van der Waals surface area contributed by atoms with Gasteiger partial charge in [0.05, 0.1) is 18.4 Å². The Labute approximate surface area is 90.0 Å². The van der Waals surface area contributed by atoms with Gasteiger partial charge in [0.15, 0.2) is 0 Å². The molecule has 1 fully saturated rings. The molecule has 82 valence electrons. The summed E-state index contributed by atoms with van der Waals surface area (Å²) < 4.78 is 5.48. The van der Waals surface area contributed by atoms with E-state index in [9.17, 15) is 0 Å². The molecule has 2 heterocycles. The summed E-state index contributed by atoms with van der Waals surface area (Å²) in [6.45, 7) is 5.71. The van der Waals surface area contributed by atoms with E-state index >= 15 is 0 Å². The van der Waals surface area contributed by atoms with Crippen molar-refractivity contribution >= 4 is 5.82 Å². The number of rotatable bonds is 2. The third kappa shape index (κ3) is 2.91. The number of nitrogens with zero attached hydrogens (tertiary/aromatic N) is 2. The normalized spacial score (nSPS) is 22.9. The van der Waals surface area contributed by atoms with Gasteiger partial charge in [-0.25, -0.2) is 4.98 Å². The van der Waals surface area contributed by atoms with Crippen LogP contribution in [0.4, 0.5) is 5.82 Å². The Morgan fingerprint density at radius 3 is 3.20 bits per heavy atom. The summed E-state index contributed by atoms with van der Waals surface area (Å²) in [5, 5.41) is 0. The van der Waals surface area contributed by atoms with Crippen molar-refractivity contribution < 1.29 is 4.74 Å². The predicted octanol–water partition coefficient (Wildman–Crippen LogP) is 0.884. The Bertz CT molecular complexity index is 329. The SMILES string of the molecule is CC1CN(Cc2cccc(N)n2)CCO1. The molecule has 0 bridgehead atoms. The molecule has 1 aromatic rings. The quantitative estimate of drug-likeness (QED) is 0.782. The minimum Gasteiger partial charge on any atom is -0.384 e. The Hall–Kier alpha value is -1.13. The molecule has 0 amide bonds. The molecule has 0 aliphatic carbocycles. The molecule has 15 heavy (non-hydrogen) atoms. The van der Waals surface area contributed by atoms with Crippen LogP contribution in [0.1, 0.15) is 12.6 Å². The van der Waals surface area contributed by atoms with E-state index in [1.807, 2.05) is 18.2 Å². The Kier molecular flexibility index (Phi) is 3.18. The summed E-state index contributed by atoms with van der Waals surface area (Å²) in [6, 6.07) is 5.77. The van der Waals surface area contributed by atoms with Crippen molar-refractivity contribution in [2.45, 2.75) is 19.6 Å². The molecule has 1 saturated heterocycles. The van der Waals surface area contributed by atoms with Gasteiger partial charge in [-0.2, -0.15) is 0 Å². The summed E-state index contributed by atoms with van der Waals surface area (Å²) in [5.74, 6) is 0.591. The zero-order valence-corrected chi connectivity index (χ0v) is 9.02. The van der Waals surface area contributed by atoms with Crippen LogP contribution in [0.25, 0.3) is 0 Å². The third-order valence-corrected chi connectivity index (χ3v) is 2.54. The summed E-state index contributed by atoms with van der Waals surface area (Å²) in [7, 11) is 0. The van der Waals surface area contributed by atoms with Crippen molar-refractivity contribution in [3.05, 3.63) is 23.9 Å². The molecule has 1 atom stereocenters. The first-order valence-corrected chi connectivity index (χ1v) is 5.29. The molecule has 1 unspecified atom stereocenters. The molecule has 0 radical (unpaired) electrons. The number of nitrogen functional groups attached to an aromatic ring is 1. The minimum atomic E-state index is 0.319. The third-order valence-electron chi connectivity index (χ3n) is 2.54. The second kappa shape index (κ2) is 4.59. The molecule has 1 aromatic heterocycles. The number of hydrogen-bond donors (Lipinski definition) is 1. The highest BCUT2D eigenvalue weighted by atomic mass is 16.5. The molecule has 2 rings (SSSR count). The average Bonchev–Trinajstić information content (AvgIpc) is 2.17. The number of aromatic nitrogens is 1. The van der Waals surface area contributed by atoms with Crippen molar-refractivity contribution in [1.82, 2.24) is 9.88 Å². The van der Waals surface area contributed by atoms with Crippen LogP contribution in [0.5, 0.6) is 0 Å². The molecular formula is C11H17N3O. The molecule has 1 aliphatic rings. The van der Waals surface area contributed by atoms with Crippen LogP contribution in [-0.4, -0.2) is 35.7 Å². The molecule has 0 saturated carbocycles. The highest BCUT2D eigenvalue weighted by Gasteiger charge is 2.16. The summed E-state index contributed by atoms with van der Waals surface area (Å²) in [6.07, 6.45) is 0.319. The smallest absolute Gasteiger partial charge is 0.123 e. The van der Waals surface area contributed by atoms with E-state index in [-0.39, 0.29) is 0 Å². The second-order valence-corrected chi connectivity index (χ2v) is 3.97. The molecule has 4 heteroatoms. The lowest BCUT2D eigenvalue weighted by Gasteiger charge is -2.30. The van der Waals surface area contributed by atoms with Crippen molar-refractivity contribution in [3.63, 3.8) is 0 Å². The first-order valence-electron chi connectivity index (χ1n) is 5.29. The summed E-state index contributed by atoms with van der Waals surface area (Å²) in [5.41, 5.74) is 6.67. The van der Waals surface area contributed by atoms with E-state index in [1.165, 1.54) is 0 Å². The Morgan fingerprint density at radius 1 is 1.60 bits per heavy atom. The largest absolute Gasteiger partial charge is 0.384 e. The van der Waals surface area contributed by atoms with Gasteiger partial charge in [0.25, 0.3) is 0 Å². The predicted molar refractivity (Wildman–Crippen MR) is 59.3 cm³/mol. The lowest BCUT2D eigenvalue weighted by Crippen LogP contribution is -2.40. The topological polar surface area (TPSA) is 51.4 Å². The van der Waals surface area contributed by atoms with E-state index in [1.54, 1.807) is 0 Å². The van der Waals surface area contributed by atoms with E-state index in [2.05, 4.69) is 16.8 Å². The number of ether oxygens (including phenoxy) is 1. The fourth-order valence-electron chi connectivity index (χ4n) is 1.85. The fourth-order valence-corrected chi connectivity index (χ4v) is 1.85. The lowest BCUT2D eigenvalue weighted by molar-refractivity contribution is -0.0215. The lowest BCUT2D eigenvalue weighted by atomic mass is 10.2. The highest BCUT2D eigenvalue weighted by Crippen LogP contribution is 2.09. The minimum absolute atomic E-state index is 0.319.